The van der Waals surface area contributed by atoms with Crippen LogP contribution in [-0.4, -0.2) is 17.7 Å². The average Bonchev–Trinajstić information content (AvgIpc) is 3.36. The van der Waals surface area contributed by atoms with Crippen molar-refractivity contribution in [3.8, 4) is 5.75 Å². The van der Waals surface area contributed by atoms with Crippen LogP contribution in [0.15, 0.2) is 54.6 Å². The van der Waals surface area contributed by atoms with Gasteiger partial charge in [-0.3, -0.25) is 4.57 Å². The Bertz CT molecular complexity index is 689. The Morgan fingerprint density at radius 1 is 1.17 bits per heavy atom. The van der Waals surface area contributed by atoms with Crippen molar-refractivity contribution < 1.29 is 14.2 Å². The van der Waals surface area contributed by atoms with E-state index >= 15 is 0 Å². The zero-order valence-corrected chi connectivity index (χ0v) is 14.3. The number of ether oxygens (including phenoxy) is 1. The predicted molar refractivity (Wildman–Crippen MR) is 93.3 cm³/mol. The van der Waals surface area contributed by atoms with Crippen molar-refractivity contribution in [3.63, 3.8) is 0 Å². The van der Waals surface area contributed by atoms with Crippen molar-refractivity contribution in [2.45, 2.75) is 25.4 Å². The van der Waals surface area contributed by atoms with Gasteiger partial charge in [-0.25, -0.2) is 0 Å². The standard InChI is InChI=1S/C19H23O3P/c1-23(20,21)14-19(16-10-11-16)17-8-5-9-18(12-17)22-13-15-6-3-2-4-7-15/h2-9,12,16,19H,10-11,13-14H2,1H3,(H,20,21). The molecule has 2 aromatic rings. The summed E-state index contributed by atoms with van der Waals surface area (Å²) in [5.74, 6) is 1.52. The number of hydrogen-bond donors (Lipinski definition) is 1. The van der Waals surface area contributed by atoms with Gasteiger partial charge in [0, 0.05) is 12.8 Å². The molecule has 1 saturated carbocycles. The lowest BCUT2D eigenvalue weighted by Gasteiger charge is -2.19. The fourth-order valence-electron chi connectivity index (χ4n) is 2.97. The van der Waals surface area contributed by atoms with E-state index < -0.39 is 7.37 Å². The van der Waals surface area contributed by atoms with Crippen LogP contribution in [0.4, 0.5) is 0 Å². The van der Waals surface area contributed by atoms with Crippen LogP contribution in [0.25, 0.3) is 0 Å². The van der Waals surface area contributed by atoms with E-state index in [1.807, 2.05) is 54.6 Å². The molecule has 4 heteroatoms. The maximum atomic E-state index is 11.9. The quantitative estimate of drug-likeness (QED) is 0.751. The molecular weight excluding hydrogens is 307 g/mol. The third-order valence-electron chi connectivity index (χ3n) is 4.26. The second-order valence-corrected chi connectivity index (χ2v) is 8.99. The molecule has 1 aliphatic carbocycles. The lowest BCUT2D eigenvalue weighted by atomic mass is 9.96. The maximum absolute atomic E-state index is 11.9. The first-order valence-corrected chi connectivity index (χ1v) is 10.4. The minimum Gasteiger partial charge on any atom is -0.489 e. The Hall–Kier alpha value is -1.57. The van der Waals surface area contributed by atoms with E-state index in [0.717, 1.165) is 29.7 Å². The number of hydrogen-bond acceptors (Lipinski definition) is 2. The predicted octanol–water partition coefficient (Wildman–Crippen LogP) is 4.66. The lowest BCUT2D eigenvalue weighted by Crippen LogP contribution is -2.08. The SMILES string of the molecule is CP(=O)(O)CC(c1cccc(OCc2ccccc2)c1)C1CC1. The molecule has 3 nitrogen and oxygen atoms in total. The summed E-state index contributed by atoms with van der Waals surface area (Å²) in [4.78, 5) is 9.77. The van der Waals surface area contributed by atoms with Gasteiger partial charge in [0.2, 0.25) is 0 Å². The molecular formula is C19H23O3P. The van der Waals surface area contributed by atoms with Crippen LogP contribution in [-0.2, 0) is 11.2 Å². The topological polar surface area (TPSA) is 46.5 Å². The fourth-order valence-corrected chi connectivity index (χ4v) is 4.20. The highest BCUT2D eigenvalue weighted by molar-refractivity contribution is 7.57. The molecule has 0 bridgehead atoms. The fraction of sp³-hybridized carbons (Fsp3) is 0.368. The first-order valence-electron chi connectivity index (χ1n) is 8.07. The van der Waals surface area contributed by atoms with Crippen LogP contribution in [0.3, 0.4) is 0 Å². The van der Waals surface area contributed by atoms with E-state index in [9.17, 15) is 9.46 Å². The Balaban J connectivity index is 1.72. The molecule has 0 spiro atoms. The molecule has 2 atom stereocenters. The number of rotatable bonds is 7. The highest BCUT2D eigenvalue weighted by Gasteiger charge is 2.35. The molecule has 0 aliphatic heterocycles. The molecule has 3 rings (SSSR count). The molecule has 1 N–H and O–H groups in total. The van der Waals surface area contributed by atoms with Crippen LogP contribution < -0.4 is 4.74 Å². The third-order valence-corrected chi connectivity index (χ3v) is 5.33. The zero-order chi connectivity index (χ0) is 16.3. The second-order valence-electron chi connectivity index (χ2n) is 6.52. The molecule has 0 aromatic heterocycles. The van der Waals surface area contributed by atoms with Gasteiger partial charge in [-0.05, 0) is 47.9 Å². The van der Waals surface area contributed by atoms with Gasteiger partial charge in [-0.15, -0.1) is 0 Å². The molecule has 0 amide bonds. The summed E-state index contributed by atoms with van der Waals surface area (Å²) in [6, 6.07) is 18.1. The summed E-state index contributed by atoms with van der Waals surface area (Å²) in [7, 11) is -3.02. The molecule has 1 aliphatic rings. The third kappa shape index (κ3) is 4.95. The molecule has 0 radical (unpaired) electrons. The van der Waals surface area contributed by atoms with E-state index in [1.165, 1.54) is 6.66 Å². The molecule has 23 heavy (non-hydrogen) atoms. The number of benzene rings is 2. The normalized spacial score (nSPS) is 18.2. The summed E-state index contributed by atoms with van der Waals surface area (Å²) >= 11 is 0. The summed E-state index contributed by atoms with van der Waals surface area (Å²) < 4.78 is 17.7. The zero-order valence-electron chi connectivity index (χ0n) is 13.4. The van der Waals surface area contributed by atoms with Gasteiger partial charge < -0.3 is 9.63 Å². The molecule has 2 aromatic carbocycles. The molecule has 122 valence electrons. The first-order chi connectivity index (χ1) is 11.0. The summed E-state index contributed by atoms with van der Waals surface area (Å²) in [6.45, 7) is 1.99. The van der Waals surface area contributed by atoms with E-state index in [-0.39, 0.29) is 5.92 Å². The van der Waals surface area contributed by atoms with Crippen molar-refractivity contribution in [3.05, 3.63) is 65.7 Å². The molecule has 0 heterocycles. The Labute approximate surface area is 137 Å². The maximum Gasteiger partial charge on any atom is 0.198 e. The van der Waals surface area contributed by atoms with Crippen molar-refractivity contribution in [2.75, 3.05) is 12.8 Å². The highest BCUT2D eigenvalue weighted by atomic mass is 31.2. The molecule has 2 unspecified atom stereocenters. The van der Waals surface area contributed by atoms with Crippen LogP contribution >= 0.6 is 7.37 Å². The van der Waals surface area contributed by atoms with Crippen LogP contribution in [0.2, 0.25) is 0 Å². The lowest BCUT2D eigenvalue weighted by molar-refractivity contribution is 0.305. The second kappa shape index (κ2) is 6.90. The van der Waals surface area contributed by atoms with Crippen molar-refractivity contribution in [1.82, 2.24) is 0 Å². The van der Waals surface area contributed by atoms with E-state index in [2.05, 4.69) is 0 Å². The van der Waals surface area contributed by atoms with Crippen LogP contribution in [0.1, 0.15) is 29.9 Å². The van der Waals surface area contributed by atoms with Gasteiger partial charge >= 0.3 is 0 Å². The largest absolute Gasteiger partial charge is 0.489 e. The van der Waals surface area contributed by atoms with Gasteiger partial charge in [0.15, 0.2) is 7.37 Å². The minimum atomic E-state index is -3.02. The summed E-state index contributed by atoms with van der Waals surface area (Å²) in [6.07, 6.45) is 2.67. The Morgan fingerprint density at radius 2 is 1.91 bits per heavy atom. The molecule has 0 saturated heterocycles. The van der Waals surface area contributed by atoms with Gasteiger partial charge in [-0.1, -0.05) is 42.5 Å². The first kappa shape index (κ1) is 16.3. The molecule has 1 fully saturated rings. The minimum absolute atomic E-state index is 0.163. The monoisotopic (exact) mass is 330 g/mol. The average molecular weight is 330 g/mol. The van der Waals surface area contributed by atoms with Crippen molar-refractivity contribution >= 4 is 7.37 Å². The van der Waals surface area contributed by atoms with Crippen molar-refractivity contribution in [2.24, 2.45) is 5.92 Å². The van der Waals surface area contributed by atoms with E-state index in [0.29, 0.717) is 18.7 Å². The van der Waals surface area contributed by atoms with Gasteiger partial charge in [0.1, 0.15) is 12.4 Å². The van der Waals surface area contributed by atoms with Crippen LogP contribution in [0, 0.1) is 5.92 Å². The highest BCUT2D eigenvalue weighted by Crippen LogP contribution is 2.50. The van der Waals surface area contributed by atoms with E-state index in [4.69, 9.17) is 4.74 Å². The van der Waals surface area contributed by atoms with E-state index in [1.54, 1.807) is 0 Å². The van der Waals surface area contributed by atoms with Crippen LogP contribution in [0.5, 0.6) is 5.75 Å². The Kier molecular flexibility index (Phi) is 4.89. The van der Waals surface area contributed by atoms with Gasteiger partial charge in [0.05, 0.1) is 0 Å². The van der Waals surface area contributed by atoms with Gasteiger partial charge in [-0.2, -0.15) is 0 Å². The van der Waals surface area contributed by atoms with Crippen molar-refractivity contribution in [1.29, 1.82) is 0 Å². The smallest absolute Gasteiger partial charge is 0.198 e. The summed E-state index contributed by atoms with van der Waals surface area (Å²) in [5.41, 5.74) is 2.25. The summed E-state index contributed by atoms with van der Waals surface area (Å²) in [5, 5.41) is 0. The van der Waals surface area contributed by atoms with Gasteiger partial charge in [0.25, 0.3) is 0 Å². The Morgan fingerprint density at radius 3 is 2.57 bits per heavy atom.